The van der Waals surface area contributed by atoms with Crippen LogP contribution in [0.15, 0.2) is 23.1 Å². The van der Waals surface area contributed by atoms with E-state index in [4.69, 9.17) is 10.5 Å². The number of methoxy groups -OCH3 is 1. The summed E-state index contributed by atoms with van der Waals surface area (Å²) in [6.07, 6.45) is -2.13. The van der Waals surface area contributed by atoms with E-state index in [0.717, 1.165) is 4.31 Å². The van der Waals surface area contributed by atoms with Gasteiger partial charge in [-0.25, -0.2) is 8.42 Å². The lowest BCUT2D eigenvalue weighted by atomic mass is 10.3. The number of nitrogens with two attached hydrogens (primary N) is 1. The lowest BCUT2D eigenvalue weighted by Gasteiger charge is -2.16. The van der Waals surface area contributed by atoms with Crippen molar-refractivity contribution in [1.82, 2.24) is 4.31 Å². The molecule has 0 aliphatic carbocycles. The number of benzene rings is 1. The smallest absolute Gasteiger partial charge is 0.243 e. The summed E-state index contributed by atoms with van der Waals surface area (Å²) in [5.41, 5.74) is 5.96. The van der Waals surface area contributed by atoms with E-state index in [2.05, 4.69) is 0 Å². The van der Waals surface area contributed by atoms with E-state index in [0.29, 0.717) is 5.69 Å². The number of nitrogens with zero attached hydrogens (tertiary/aromatic N) is 1. The van der Waals surface area contributed by atoms with Crippen LogP contribution in [-0.2, 0) is 10.0 Å². The van der Waals surface area contributed by atoms with Crippen molar-refractivity contribution in [2.45, 2.75) is 17.1 Å². The number of β-amino-alcohol motifs (C(OH)–C–C–N with tert-alkyl or cyclic N) is 2. The molecule has 1 heterocycles. The second-order valence-electron chi connectivity index (χ2n) is 4.36. The molecule has 106 valence electrons. The van der Waals surface area contributed by atoms with Crippen LogP contribution >= 0.6 is 0 Å². The topological polar surface area (TPSA) is 113 Å². The van der Waals surface area contributed by atoms with Gasteiger partial charge >= 0.3 is 0 Å². The van der Waals surface area contributed by atoms with Crippen LogP contribution in [0.2, 0.25) is 0 Å². The van der Waals surface area contributed by atoms with Crippen molar-refractivity contribution in [2.24, 2.45) is 0 Å². The van der Waals surface area contributed by atoms with Crippen molar-refractivity contribution in [3.05, 3.63) is 18.2 Å². The van der Waals surface area contributed by atoms with Gasteiger partial charge in [0.15, 0.2) is 0 Å². The SMILES string of the molecule is COc1cc(S(=O)(=O)N2CC(O)C(O)C2)ccc1N. The number of aliphatic hydroxyl groups excluding tert-OH is 2. The number of aliphatic hydroxyl groups is 2. The van der Waals surface area contributed by atoms with E-state index in [1.54, 1.807) is 0 Å². The summed E-state index contributed by atoms with van der Waals surface area (Å²) < 4.78 is 30.6. The average molecular weight is 288 g/mol. The maximum Gasteiger partial charge on any atom is 0.243 e. The van der Waals surface area contributed by atoms with Crippen LogP contribution in [0.1, 0.15) is 0 Å². The van der Waals surface area contributed by atoms with Gasteiger partial charge in [0.1, 0.15) is 5.75 Å². The lowest BCUT2D eigenvalue weighted by Crippen LogP contribution is -2.30. The molecule has 1 aromatic rings. The molecule has 2 unspecified atom stereocenters. The van der Waals surface area contributed by atoms with Crippen LogP contribution in [0.3, 0.4) is 0 Å². The molecule has 0 spiro atoms. The van der Waals surface area contributed by atoms with Crippen molar-refractivity contribution < 1.29 is 23.4 Å². The van der Waals surface area contributed by atoms with Gasteiger partial charge in [-0.3, -0.25) is 0 Å². The molecule has 1 aliphatic rings. The maximum absolute atomic E-state index is 12.3. The van der Waals surface area contributed by atoms with E-state index in [1.165, 1.54) is 25.3 Å². The van der Waals surface area contributed by atoms with Crippen molar-refractivity contribution >= 4 is 15.7 Å². The number of anilines is 1. The minimum absolute atomic E-state index is 0.0138. The fourth-order valence-electron chi connectivity index (χ4n) is 1.93. The second-order valence-corrected chi connectivity index (χ2v) is 6.30. The number of ether oxygens (including phenoxy) is 1. The molecule has 1 saturated heterocycles. The number of rotatable bonds is 3. The highest BCUT2D eigenvalue weighted by atomic mass is 32.2. The molecule has 0 radical (unpaired) electrons. The van der Waals surface area contributed by atoms with Crippen molar-refractivity contribution in [3.8, 4) is 5.75 Å². The van der Waals surface area contributed by atoms with Gasteiger partial charge in [-0.2, -0.15) is 4.31 Å². The van der Waals surface area contributed by atoms with Crippen LogP contribution in [-0.4, -0.2) is 55.3 Å². The predicted molar refractivity (Wildman–Crippen MR) is 68.2 cm³/mol. The highest BCUT2D eigenvalue weighted by molar-refractivity contribution is 7.89. The molecule has 1 aromatic carbocycles. The molecule has 0 amide bonds. The summed E-state index contributed by atoms with van der Waals surface area (Å²) in [5.74, 6) is 0.265. The fraction of sp³-hybridized carbons (Fsp3) is 0.455. The van der Waals surface area contributed by atoms with E-state index in [-0.39, 0.29) is 23.7 Å². The summed E-state index contributed by atoms with van der Waals surface area (Å²) in [5, 5.41) is 18.8. The Bertz CT molecular complexity index is 564. The van der Waals surface area contributed by atoms with Crippen molar-refractivity contribution in [3.63, 3.8) is 0 Å². The average Bonchev–Trinajstić information content (AvgIpc) is 2.70. The number of hydrogen-bond donors (Lipinski definition) is 3. The Balaban J connectivity index is 2.35. The van der Waals surface area contributed by atoms with Crippen molar-refractivity contribution in [2.75, 3.05) is 25.9 Å². The van der Waals surface area contributed by atoms with Crippen LogP contribution in [0.4, 0.5) is 5.69 Å². The second kappa shape index (κ2) is 4.97. The van der Waals surface area contributed by atoms with E-state index < -0.39 is 22.2 Å². The van der Waals surface area contributed by atoms with E-state index in [9.17, 15) is 18.6 Å². The molecular formula is C11H16N2O5S. The molecule has 19 heavy (non-hydrogen) atoms. The Labute approximate surface area is 111 Å². The molecule has 0 bridgehead atoms. The Hall–Kier alpha value is -1.35. The van der Waals surface area contributed by atoms with Gasteiger partial charge in [-0.05, 0) is 12.1 Å². The Morgan fingerprint density at radius 1 is 1.32 bits per heavy atom. The van der Waals surface area contributed by atoms with Gasteiger partial charge in [-0.15, -0.1) is 0 Å². The number of nitrogen functional groups attached to an aromatic ring is 1. The van der Waals surface area contributed by atoms with Gasteiger partial charge in [0, 0.05) is 19.2 Å². The van der Waals surface area contributed by atoms with Crippen molar-refractivity contribution in [1.29, 1.82) is 0 Å². The molecule has 1 fully saturated rings. The molecule has 7 nitrogen and oxygen atoms in total. The standard InChI is InChI=1S/C11H16N2O5S/c1-18-11-4-7(2-3-8(11)12)19(16,17)13-5-9(14)10(15)6-13/h2-4,9-10,14-15H,5-6,12H2,1H3. The Morgan fingerprint density at radius 3 is 2.42 bits per heavy atom. The third kappa shape index (κ3) is 2.52. The summed E-state index contributed by atoms with van der Waals surface area (Å²) in [6.45, 7) is -0.258. The molecule has 1 aliphatic heterocycles. The monoisotopic (exact) mass is 288 g/mol. The van der Waals surface area contributed by atoms with Gasteiger partial charge in [0.05, 0.1) is 29.9 Å². The van der Waals surface area contributed by atoms with E-state index >= 15 is 0 Å². The van der Waals surface area contributed by atoms with E-state index in [1.807, 2.05) is 0 Å². The molecule has 0 saturated carbocycles. The Kier molecular flexibility index (Phi) is 3.68. The first kappa shape index (κ1) is 14.1. The largest absolute Gasteiger partial charge is 0.495 e. The predicted octanol–water partition coefficient (Wildman–Crippen LogP) is -0.996. The molecule has 8 heteroatoms. The molecule has 0 aromatic heterocycles. The highest BCUT2D eigenvalue weighted by Gasteiger charge is 2.37. The first-order chi connectivity index (χ1) is 8.86. The third-order valence-electron chi connectivity index (χ3n) is 3.07. The van der Waals surface area contributed by atoms with Crippen LogP contribution < -0.4 is 10.5 Å². The zero-order valence-corrected chi connectivity index (χ0v) is 11.2. The number of hydrogen-bond acceptors (Lipinski definition) is 6. The van der Waals surface area contributed by atoms with Gasteiger partial charge < -0.3 is 20.7 Å². The number of sulfonamides is 1. The van der Waals surface area contributed by atoms with Crippen LogP contribution in [0.5, 0.6) is 5.75 Å². The minimum atomic E-state index is -3.78. The zero-order valence-electron chi connectivity index (χ0n) is 10.4. The lowest BCUT2D eigenvalue weighted by molar-refractivity contribution is 0.0572. The summed E-state index contributed by atoms with van der Waals surface area (Å²) in [6, 6.07) is 4.13. The zero-order chi connectivity index (χ0) is 14.2. The first-order valence-electron chi connectivity index (χ1n) is 5.66. The summed E-state index contributed by atoms with van der Waals surface area (Å²) in [4.78, 5) is 0.0138. The molecule has 2 rings (SSSR count). The maximum atomic E-state index is 12.3. The van der Waals surface area contributed by atoms with Gasteiger partial charge in [-0.1, -0.05) is 0 Å². The Morgan fingerprint density at radius 2 is 1.89 bits per heavy atom. The summed E-state index contributed by atoms with van der Waals surface area (Å²) >= 11 is 0. The van der Waals surface area contributed by atoms with Gasteiger partial charge in [0.25, 0.3) is 0 Å². The van der Waals surface area contributed by atoms with Crippen LogP contribution in [0.25, 0.3) is 0 Å². The molecule has 4 N–H and O–H groups in total. The van der Waals surface area contributed by atoms with Crippen LogP contribution in [0, 0.1) is 0 Å². The first-order valence-corrected chi connectivity index (χ1v) is 7.10. The molecule has 2 atom stereocenters. The quantitative estimate of drug-likeness (QED) is 0.615. The third-order valence-corrected chi connectivity index (χ3v) is 4.90. The highest BCUT2D eigenvalue weighted by Crippen LogP contribution is 2.28. The fourth-order valence-corrected chi connectivity index (χ4v) is 3.42. The minimum Gasteiger partial charge on any atom is -0.495 e. The van der Waals surface area contributed by atoms with Gasteiger partial charge in [0.2, 0.25) is 10.0 Å². The summed E-state index contributed by atoms with van der Waals surface area (Å²) in [7, 11) is -2.38. The normalized spacial score (nSPS) is 24.6. The molecular weight excluding hydrogens is 272 g/mol.